The highest BCUT2D eigenvalue weighted by molar-refractivity contribution is 7.98. The number of anilines is 1. The molecule has 1 N–H and O–H groups in total. The fraction of sp³-hybridized carbons (Fsp3) is 0.278. The van der Waals surface area contributed by atoms with Crippen LogP contribution in [0.1, 0.15) is 23.1 Å². The van der Waals surface area contributed by atoms with E-state index < -0.39 is 0 Å². The number of carbonyl (C=O) groups excluding carboxylic acids is 1. The molecule has 0 unspecified atom stereocenters. The van der Waals surface area contributed by atoms with E-state index in [0.717, 1.165) is 28.3 Å². The monoisotopic (exact) mass is 367 g/mol. The van der Waals surface area contributed by atoms with E-state index in [1.165, 1.54) is 5.56 Å². The zero-order valence-electron chi connectivity index (χ0n) is 13.2. The first-order valence-electron chi connectivity index (χ1n) is 7.34. The lowest BCUT2D eigenvalue weighted by Gasteiger charge is -2.09. The zero-order chi connectivity index (χ0) is 16.8. The van der Waals surface area contributed by atoms with Crippen molar-refractivity contribution in [2.45, 2.75) is 26.0 Å². The van der Waals surface area contributed by atoms with Gasteiger partial charge in [0.2, 0.25) is 5.91 Å². The van der Waals surface area contributed by atoms with Gasteiger partial charge in [0.1, 0.15) is 0 Å². The largest absolute Gasteiger partial charge is 0.326 e. The van der Waals surface area contributed by atoms with Crippen molar-refractivity contribution in [1.82, 2.24) is 0 Å². The van der Waals surface area contributed by atoms with Gasteiger partial charge in [-0.2, -0.15) is 11.8 Å². The molecule has 2 aromatic carbocycles. The van der Waals surface area contributed by atoms with Crippen molar-refractivity contribution in [3.8, 4) is 0 Å². The molecule has 0 bridgehead atoms. The molecule has 0 spiro atoms. The second-order valence-corrected chi connectivity index (χ2v) is 7.34. The van der Waals surface area contributed by atoms with Crippen LogP contribution in [0.3, 0.4) is 0 Å². The van der Waals surface area contributed by atoms with E-state index >= 15 is 0 Å². The first-order valence-corrected chi connectivity index (χ1v) is 9.25. The lowest BCUT2D eigenvalue weighted by atomic mass is 10.1. The number of rotatable bonds is 6. The van der Waals surface area contributed by atoms with Crippen LogP contribution in [0.4, 0.5) is 5.69 Å². The topological polar surface area (TPSA) is 29.1 Å². The van der Waals surface area contributed by atoms with Gasteiger partial charge in [0.15, 0.2) is 0 Å². The molecule has 2 nitrogen and oxygen atoms in total. The number of halogens is 2. The fourth-order valence-corrected chi connectivity index (χ4v) is 3.36. The molecule has 0 atom stereocenters. The molecule has 23 heavy (non-hydrogen) atoms. The average molecular weight is 368 g/mol. The molecule has 2 aromatic rings. The van der Waals surface area contributed by atoms with Crippen LogP contribution < -0.4 is 5.32 Å². The van der Waals surface area contributed by atoms with Crippen molar-refractivity contribution in [3.63, 3.8) is 0 Å². The predicted molar refractivity (Wildman–Crippen MR) is 102 cm³/mol. The van der Waals surface area contributed by atoms with Crippen molar-refractivity contribution in [1.29, 1.82) is 0 Å². The summed E-state index contributed by atoms with van der Waals surface area (Å²) in [6, 6.07) is 11.6. The van der Waals surface area contributed by atoms with E-state index in [0.29, 0.717) is 16.5 Å². The van der Waals surface area contributed by atoms with Crippen molar-refractivity contribution in [3.05, 3.63) is 63.1 Å². The highest BCUT2D eigenvalue weighted by atomic mass is 35.5. The Kier molecular flexibility index (Phi) is 6.82. The molecule has 0 saturated carbocycles. The van der Waals surface area contributed by atoms with Gasteiger partial charge in [-0.1, -0.05) is 47.0 Å². The summed E-state index contributed by atoms with van der Waals surface area (Å²) >= 11 is 13.6. The van der Waals surface area contributed by atoms with Gasteiger partial charge >= 0.3 is 0 Å². The van der Waals surface area contributed by atoms with Gasteiger partial charge in [0.05, 0.1) is 10.0 Å². The summed E-state index contributed by atoms with van der Waals surface area (Å²) < 4.78 is 0. The Hall–Kier alpha value is -1.16. The third kappa shape index (κ3) is 5.76. The van der Waals surface area contributed by atoms with Gasteiger partial charge in [-0.15, -0.1) is 0 Å². The average Bonchev–Trinajstić information content (AvgIpc) is 2.50. The molecule has 0 heterocycles. The Labute approximate surface area is 151 Å². The van der Waals surface area contributed by atoms with Crippen molar-refractivity contribution in [2.75, 3.05) is 11.1 Å². The molecule has 0 aliphatic carbocycles. The number of carbonyl (C=O) groups is 1. The van der Waals surface area contributed by atoms with E-state index in [9.17, 15) is 4.79 Å². The zero-order valence-corrected chi connectivity index (χ0v) is 15.5. The lowest BCUT2D eigenvalue weighted by Crippen LogP contribution is -2.13. The maximum atomic E-state index is 12.0. The highest BCUT2D eigenvalue weighted by Gasteiger charge is 2.05. The number of hydrogen-bond acceptors (Lipinski definition) is 2. The number of amides is 1. The summed E-state index contributed by atoms with van der Waals surface area (Å²) in [5.74, 6) is 1.61. The first-order chi connectivity index (χ1) is 11.0. The summed E-state index contributed by atoms with van der Waals surface area (Å²) in [4.78, 5) is 12.0. The van der Waals surface area contributed by atoms with E-state index in [2.05, 4.69) is 11.4 Å². The third-order valence-corrected chi connectivity index (χ3v) is 5.15. The molecule has 0 aliphatic heterocycles. The molecule has 0 aromatic heterocycles. The Balaban J connectivity index is 1.75. The third-order valence-electron chi connectivity index (χ3n) is 3.38. The van der Waals surface area contributed by atoms with Gasteiger partial charge in [0.25, 0.3) is 0 Å². The maximum Gasteiger partial charge on any atom is 0.225 e. The van der Waals surface area contributed by atoms with Gasteiger partial charge < -0.3 is 5.32 Å². The van der Waals surface area contributed by atoms with Crippen molar-refractivity contribution < 1.29 is 4.79 Å². The number of nitrogens with one attached hydrogen (secondary N) is 1. The quantitative estimate of drug-likeness (QED) is 0.646. The standard InChI is InChI=1S/C18H19Cl2NOS/c1-12-3-6-17(13(2)9-12)21-18(22)7-8-23-11-14-4-5-15(19)16(20)10-14/h3-6,9-10H,7-8,11H2,1-2H3,(H,21,22). The summed E-state index contributed by atoms with van der Waals surface area (Å²) in [6.07, 6.45) is 0.485. The summed E-state index contributed by atoms with van der Waals surface area (Å²) in [6.45, 7) is 4.04. The SMILES string of the molecule is Cc1ccc(NC(=O)CCSCc2ccc(Cl)c(Cl)c2)c(C)c1. The van der Waals surface area contributed by atoms with Crippen LogP contribution in [-0.4, -0.2) is 11.7 Å². The number of benzene rings is 2. The minimum Gasteiger partial charge on any atom is -0.326 e. The highest BCUT2D eigenvalue weighted by Crippen LogP contribution is 2.25. The van der Waals surface area contributed by atoms with Crippen LogP contribution in [0.2, 0.25) is 10.0 Å². The van der Waals surface area contributed by atoms with Crippen LogP contribution in [0.25, 0.3) is 0 Å². The molecule has 2 rings (SSSR count). The van der Waals surface area contributed by atoms with E-state index in [1.54, 1.807) is 17.8 Å². The van der Waals surface area contributed by atoms with Crippen LogP contribution in [-0.2, 0) is 10.5 Å². The van der Waals surface area contributed by atoms with E-state index in [1.807, 2.05) is 38.1 Å². The summed E-state index contributed by atoms with van der Waals surface area (Å²) in [5, 5.41) is 4.09. The molecule has 0 saturated heterocycles. The molecule has 1 amide bonds. The Morgan fingerprint density at radius 1 is 1.09 bits per heavy atom. The Morgan fingerprint density at radius 3 is 2.57 bits per heavy atom. The number of aryl methyl sites for hydroxylation is 2. The summed E-state index contributed by atoms with van der Waals surface area (Å²) in [7, 11) is 0. The first kappa shape index (κ1) is 18.2. The van der Waals surface area contributed by atoms with Crippen LogP contribution in [0.15, 0.2) is 36.4 Å². The summed E-state index contributed by atoms with van der Waals surface area (Å²) in [5.41, 5.74) is 4.27. The lowest BCUT2D eigenvalue weighted by molar-refractivity contribution is -0.115. The number of thioether (sulfide) groups is 1. The Morgan fingerprint density at radius 2 is 1.87 bits per heavy atom. The molecule has 122 valence electrons. The van der Waals surface area contributed by atoms with Crippen LogP contribution in [0, 0.1) is 13.8 Å². The molecule has 0 fully saturated rings. The van der Waals surface area contributed by atoms with Crippen molar-refractivity contribution >= 4 is 46.6 Å². The number of hydrogen-bond donors (Lipinski definition) is 1. The maximum absolute atomic E-state index is 12.0. The second-order valence-electron chi connectivity index (χ2n) is 5.42. The molecular formula is C18H19Cl2NOS. The van der Waals surface area contributed by atoms with Gasteiger partial charge in [-0.05, 0) is 43.2 Å². The normalized spacial score (nSPS) is 10.6. The molecular weight excluding hydrogens is 349 g/mol. The second kappa shape index (κ2) is 8.62. The van der Waals surface area contributed by atoms with Crippen LogP contribution >= 0.6 is 35.0 Å². The minimum absolute atomic E-state index is 0.0404. The fourth-order valence-electron chi connectivity index (χ4n) is 2.15. The van der Waals surface area contributed by atoms with Crippen molar-refractivity contribution in [2.24, 2.45) is 0 Å². The molecule has 0 radical (unpaired) electrons. The van der Waals surface area contributed by atoms with Gasteiger partial charge in [-0.3, -0.25) is 4.79 Å². The Bertz CT molecular complexity index is 703. The van der Waals surface area contributed by atoms with E-state index in [4.69, 9.17) is 23.2 Å². The molecule has 0 aliphatic rings. The van der Waals surface area contributed by atoms with Gasteiger partial charge in [0, 0.05) is 23.6 Å². The van der Waals surface area contributed by atoms with Crippen LogP contribution in [0.5, 0.6) is 0 Å². The van der Waals surface area contributed by atoms with Gasteiger partial charge in [-0.25, -0.2) is 0 Å². The minimum atomic E-state index is 0.0404. The molecule has 5 heteroatoms. The predicted octanol–water partition coefficient (Wildman–Crippen LogP) is 5.87. The van der Waals surface area contributed by atoms with E-state index in [-0.39, 0.29) is 5.91 Å². The smallest absolute Gasteiger partial charge is 0.225 e.